The topological polar surface area (TPSA) is 315 Å². The Hall–Kier alpha value is -4.82. The molecule has 3 aliphatic rings. The molecule has 1 aromatic rings. The van der Waals surface area contributed by atoms with Crippen LogP contribution in [0.3, 0.4) is 0 Å². The molecule has 0 unspecified atom stereocenters. The van der Waals surface area contributed by atoms with Crippen LogP contribution in [0.25, 0.3) is 0 Å². The first-order valence-corrected chi connectivity index (χ1v) is 16.1. The van der Waals surface area contributed by atoms with Crippen molar-refractivity contribution in [3.8, 4) is 0 Å². The third-order valence-corrected chi connectivity index (χ3v) is 9.20. The van der Waals surface area contributed by atoms with Gasteiger partial charge in [0.05, 0.1) is 32.3 Å². The molecule has 20 nitrogen and oxygen atoms in total. The number of carbonyl (C=O) groups excluding carboxylic acids is 1. The van der Waals surface area contributed by atoms with Crippen molar-refractivity contribution in [2.75, 3.05) is 32.8 Å². The molecule has 1 spiro atoms. The summed E-state index contributed by atoms with van der Waals surface area (Å²) in [5.41, 5.74) is -3.73. The molecule has 0 aromatic carbocycles. The minimum Gasteiger partial charge on any atom is -0.481 e. The maximum Gasteiger partial charge on any atom is 0.409 e. The number of aliphatic carboxylic acids is 6. The molecule has 0 radical (unpaired) electrons. The normalized spacial score (nSPS) is 20.5. The molecule has 3 heterocycles. The number of carboxylic acids is 6. The molecule has 1 aromatic heterocycles. The number of carboxylic acid groups (broad SMARTS) is 6. The summed E-state index contributed by atoms with van der Waals surface area (Å²) in [5.74, 6) is -9.38. The molecule has 1 amide bonds. The number of carbonyl (C=O) groups is 7. The highest BCUT2D eigenvalue weighted by atomic mass is 16.6. The minimum absolute atomic E-state index is 0.125. The Morgan fingerprint density at radius 2 is 1.25 bits per heavy atom. The molecule has 1 saturated carbocycles. The number of hydrogen-bond acceptors (Lipinski definition) is 12. The van der Waals surface area contributed by atoms with E-state index in [2.05, 4.69) is 16.1 Å². The number of likely N-dealkylation sites (tertiary alicyclic amines) is 2. The van der Waals surface area contributed by atoms with Crippen LogP contribution in [0, 0.1) is 5.41 Å². The molecule has 8 N–H and O–H groups in total. The lowest BCUT2D eigenvalue weighted by molar-refractivity contribution is -0.170. The maximum absolute atomic E-state index is 11.9. The highest BCUT2D eigenvalue weighted by molar-refractivity contribution is 5.88. The molecule has 3 fully saturated rings. The highest BCUT2D eigenvalue weighted by Gasteiger charge is 2.51. The lowest BCUT2D eigenvalue weighted by Gasteiger charge is -2.51. The van der Waals surface area contributed by atoms with Gasteiger partial charge in [0.15, 0.2) is 11.2 Å². The first-order valence-electron chi connectivity index (χ1n) is 16.1. The number of aryl methyl sites for hydroxylation is 1. The fourth-order valence-corrected chi connectivity index (χ4v) is 6.61. The van der Waals surface area contributed by atoms with Crippen molar-refractivity contribution < 1.29 is 79.2 Å². The van der Waals surface area contributed by atoms with Crippen molar-refractivity contribution in [2.45, 2.75) is 87.9 Å². The number of rotatable bonds is 13. The van der Waals surface area contributed by atoms with Crippen LogP contribution in [-0.2, 0) is 40.6 Å². The number of amides is 1. The van der Waals surface area contributed by atoms with E-state index in [9.17, 15) is 33.6 Å². The summed E-state index contributed by atoms with van der Waals surface area (Å²) in [6.07, 6.45) is 3.32. The van der Waals surface area contributed by atoms with E-state index in [4.69, 9.17) is 45.6 Å². The van der Waals surface area contributed by atoms with Gasteiger partial charge in [0.25, 0.3) is 0 Å². The van der Waals surface area contributed by atoms with Gasteiger partial charge in [-0.05, 0) is 63.6 Å². The molecular weight excluding hydrogens is 684 g/mol. The summed E-state index contributed by atoms with van der Waals surface area (Å²) < 4.78 is 7.19. The highest BCUT2D eigenvalue weighted by Crippen LogP contribution is 2.51. The second-order valence-electron chi connectivity index (χ2n) is 13.1. The fourth-order valence-electron chi connectivity index (χ4n) is 6.61. The van der Waals surface area contributed by atoms with Crippen LogP contribution >= 0.6 is 0 Å². The van der Waals surface area contributed by atoms with Gasteiger partial charge >= 0.3 is 41.9 Å². The van der Waals surface area contributed by atoms with E-state index in [1.807, 2.05) is 29.7 Å². The molecule has 2 saturated heterocycles. The standard InChI is InChI=1S/C19H30N4O2.2C6H8O7/c1-3-25-18(24)23-11-7-19(14-23)12-16(13-19)22-9-5-15(6-10-22)17-4-8-20-21(17)2;2*7-3(8)1-6(13,5(11)12)2-4(9)10/h4,8,15-16H,3,5-7,9-14H2,1-2H3;2*13H,1-2H2,(H,7,8)(H,9,10)(H,11,12). The average molecular weight is 731 g/mol. The second kappa shape index (κ2) is 17.9. The van der Waals surface area contributed by atoms with Crippen molar-refractivity contribution in [1.29, 1.82) is 0 Å². The predicted octanol–water partition coefficient (Wildman–Crippen LogP) is 0.114. The summed E-state index contributed by atoms with van der Waals surface area (Å²) in [4.78, 5) is 77.5. The fraction of sp³-hybridized carbons (Fsp3) is 0.677. The zero-order chi connectivity index (χ0) is 38.7. The van der Waals surface area contributed by atoms with E-state index in [1.54, 1.807) is 0 Å². The first kappa shape index (κ1) is 42.3. The van der Waals surface area contributed by atoms with Crippen LogP contribution in [0.2, 0.25) is 0 Å². The predicted molar refractivity (Wildman–Crippen MR) is 170 cm³/mol. The van der Waals surface area contributed by atoms with Gasteiger partial charge in [-0.2, -0.15) is 5.10 Å². The smallest absolute Gasteiger partial charge is 0.409 e. The van der Waals surface area contributed by atoms with Crippen LogP contribution in [0.4, 0.5) is 4.79 Å². The van der Waals surface area contributed by atoms with Crippen LogP contribution in [0.15, 0.2) is 12.3 Å². The van der Waals surface area contributed by atoms with E-state index < -0.39 is 72.7 Å². The van der Waals surface area contributed by atoms with Crippen molar-refractivity contribution in [2.24, 2.45) is 12.5 Å². The first-order chi connectivity index (χ1) is 23.7. The molecule has 51 heavy (non-hydrogen) atoms. The summed E-state index contributed by atoms with van der Waals surface area (Å²) >= 11 is 0. The van der Waals surface area contributed by atoms with Crippen molar-refractivity contribution in [1.82, 2.24) is 19.6 Å². The third-order valence-electron chi connectivity index (χ3n) is 9.20. The molecule has 2 aliphatic heterocycles. The lowest BCUT2D eigenvalue weighted by atomic mass is 9.64. The molecule has 1 aliphatic carbocycles. The number of ether oxygens (including phenoxy) is 1. The van der Waals surface area contributed by atoms with Crippen molar-refractivity contribution in [3.63, 3.8) is 0 Å². The summed E-state index contributed by atoms with van der Waals surface area (Å²) in [7, 11) is 2.05. The SMILES string of the molecule is CCOC(=O)N1CCC2(CC(N3CCC(c4ccnn4C)CC3)C2)C1.O=C(O)CC(O)(CC(=O)O)C(=O)O.O=C(O)CC(O)(CC(=O)O)C(=O)O. The van der Waals surface area contributed by atoms with Gasteiger partial charge in [-0.3, -0.25) is 23.9 Å². The van der Waals surface area contributed by atoms with E-state index in [0.29, 0.717) is 17.9 Å². The summed E-state index contributed by atoms with van der Waals surface area (Å²) in [6, 6.07) is 2.89. The maximum atomic E-state index is 11.9. The zero-order valence-corrected chi connectivity index (χ0v) is 28.3. The van der Waals surface area contributed by atoms with Gasteiger partial charge < -0.3 is 55.4 Å². The Morgan fingerprint density at radius 3 is 1.61 bits per heavy atom. The van der Waals surface area contributed by atoms with Crippen molar-refractivity contribution >= 4 is 41.9 Å². The number of aliphatic hydroxyl groups is 2. The Balaban J connectivity index is 0.000000296. The third kappa shape index (κ3) is 12.2. The Bertz CT molecular complexity index is 1350. The molecule has 0 bridgehead atoms. The van der Waals surface area contributed by atoms with E-state index in [-0.39, 0.29) is 6.09 Å². The number of hydrogen-bond donors (Lipinski definition) is 8. The zero-order valence-electron chi connectivity index (χ0n) is 28.3. The number of piperidine rings is 1. The molecule has 4 rings (SSSR count). The monoisotopic (exact) mass is 730 g/mol. The number of aromatic nitrogens is 2. The molecule has 20 heteroatoms. The molecular formula is C31H46N4O16. The summed E-state index contributed by atoms with van der Waals surface area (Å²) in [5, 5.41) is 71.9. The van der Waals surface area contributed by atoms with Crippen LogP contribution in [0.1, 0.15) is 76.3 Å². The second-order valence-corrected chi connectivity index (χ2v) is 13.1. The molecule has 286 valence electrons. The van der Waals surface area contributed by atoms with Crippen LogP contribution in [0.5, 0.6) is 0 Å². The Labute approximate surface area is 291 Å². The quantitative estimate of drug-likeness (QED) is 0.133. The van der Waals surface area contributed by atoms with E-state index in [1.165, 1.54) is 44.5 Å². The largest absolute Gasteiger partial charge is 0.481 e. The Morgan fingerprint density at radius 1 is 0.804 bits per heavy atom. The lowest BCUT2D eigenvalue weighted by Crippen LogP contribution is -2.54. The molecule has 0 atom stereocenters. The van der Waals surface area contributed by atoms with Gasteiger partial charge in [-0.25, -0.2) is 14.4 Å². The van der Waals surface area contributed by atoms with E-state index in [0.717, 1.165) is 25.6 Å². The average Bonchev–Trinajstić information content (AvgIpc) is 3.63. The van der Waals surface area contributed by atoms with Gasteiger partial charge in [0, 0.05) is 44.0 Å². The van der Waals surface area contributed by atoms with Gasteiger partial charge in [0.1, 0.15) is 0 Å². The minimum atomic E-state index is -2.74. The van der Waals surface area contributed by atoms with Gasteiger partial charge in [-0.15, -0.1) is 0 Å². The summed E-state index contributed by atoms with van der Waals surface area (Å²) in [6.45, 7) is 6.49. The van der Waals surface area contributed by atoms with E-state index >= 15 is 0 Å². The van der Waals surface area contributed by atoms with Crippen molar-refractivity contribution in [3.05, 3.63) is 18.0 Å². The van der Waals surface area contributed by atoms with Gasteiger partial charge in [-0.1, -0.05) is 0 Å². The van der Waals surface area contributed by atoms with Crippen LogP contribution in [-0.4, -0.2) is 152 Å². The van der Waals surface area contributed by atoms with Gasteiger partial charge in [0.2, 0.25) is 0 Å². The Kier molecular flexibility index (Phi) is 14.9. The van der Waals surface area contributed by atoms with Crippen LogP contribution < -0.4 is 0 Å². The number of nitrogens with zero attached hydrogens (tertiary/aromatic N) is 4.